The lowest BCUT2D eigenvalue weighted by molar-refractivity contribution is -0.139. The van der Waals surface area contributed by atoms with Gasteiger partial charge in [-0.2, -0.15) is 11.8 Å². The Kier molecular flexibility index (Phi) is 8.93. The summed E-state index contributed by atoms with van der Waals surface area (Å²) in [5.74, 6) is 2.09. The Labute approximate surface area is 112 Å². The Morgan fingerprint density at radius 3 is 2.50 bits per heavy atom. The first-order chi connectivity index (χ1) is 8.54. The molecular weight excluding hydrogens is 252 g/mol. The third-order valence-electron chi connectivity index (χ3n) is 2.30. The fraction of sp³-hybridized carbons (Fsp3) is 0.667. The second kappa shape index (κ2) is 9.66. The standard InChI is InChI=1S/C12H20N2O3S/c1-4-6-9(5-2)13-12(17)14-10(11(15)16)7-8-18-3/h2,9-10H,4,6-8H2,1,3H3,(H,15,16)(H2,13,14,17)/t9?,10-/m1/s1. The smallest absolute Gasteiger partial charge is 0.326 e. The van der Waals surface area contributed by atoms with Crippen LogP contribution in [0.2, 0.25) is 0 Å². The van der Waals surface area contributed by atoms with Gasteiger partial charge < -0.3 is 15.7 Å². The third kappa shape index (κ3) is 7.07. The predicted octanol–water partition coefficient (Wildman–Crippen LogP) is 1.29. The first-order valence-corrected chi connectivity index (χ1v) is 7.19. The van der Waals surface area contributed by atoms with E-state index in [4.69, 9.17) is 11.5 Å². The van der Waals surface area contributed by atoms with Crippen LogP contribution in [0.4, 0.5) is 4.79 Å². The van der Waals surface area contributed by atoms with Crippen LogP contribution in [0, 0.1) is 12.3 Å². The molecule has 0 heterocycles. The van der Waals surface area contributed by atoms with Gasteiger partial charge in [0.25, 0.3) is 0 Å². The molecule has 102 valence electrons. The van der Waals surface area contributed by atoms with Gasteiger partial charge in [-0.15, -0.1) is 6.42 Å². The normalized spacial score (nSPS) is 13.2. The molecule has 1 unspecified atom stereocenters. The van der Waals surface area contributed by atoms with E-state index < -0.39 is 18.0 Å². The molecule has 0 saturated heterocycles. The summed E-state index contributed by atoms with van der Waals surface area (Å²) in [6, 6.07) is -1.76. The molecule has 0 aliphatic rings. The molecule has 0 bridgehead atoms. The van der Waals surface area contributed by atoms with Gasteiger partial charge in [-0.25, -0.2) is 9.59 Å². The van der Waals surface area contributed by atoms with E-state index in [2.05, 4.69) is 16.6 Å². The van der Waals surface area contributed by atoms with E-state index in [9.17, 15) is 9.59 Å². The van der Waals surface area contributed by atoms with E-state index in [1.807, 2.05) is 13.2 Å². The maximum atomic E-state index is 11.6. The molecule has 2 amide bonds. The molecule has 0 radical (unpaired) electrons. The lowest BCUT2D eigenvalue weighted by Crippen LogP contribution is -2.48. The fourth-order valence-electron chi connectivity index (χ4n) is 1.34. The number of thioether (sulfide) groups is 1. The number of carboxylic acid groups (broad SMARTS) is 1. The topological polar surface area (TPSA) is 78.4 Å². The van der Waals surface area contributed by atoms with Gasteiger partial charge in [0.1, 0.15) is 6.04 Å². The van der Waals surface area contributed by atoms with Crippen LogP contribution in [0.1, 0.15) is 26.2 Å². The molecule has 3 N–H and O–H groups in total. The van der Waals surface area contributed by atoms with E-state index in [0.717, 1.165) is 6.42 Å². The van der Waals surface area contributed by atoms with Crippen LogP contribution >= 0.6 is 11.8 Å². The number of carbonyl (C=O) groups excluding carboxylic acids is 1. The Hall–Kier alpha value is -1.35. The van der Waals surface area contributed by atoms with Crippen LogP contribution in [-0.4, -0.2) is 41.2 Å². The molecule has 0 aliphatic carbocycles. The molecule has 0 aromatic heterocycles. The van der Waals surface area contributed by atoms with E-state index in [1.54, 1.807) is 0 Å². The van der Waals surface area contributed by atoms with Crippen LogP contribution < -0.4 is 10.6 Å². The first kappa shape index (κ1) is 16.6. The summed E-state index contributed by atoms with van der Waals surface area (Å²) < 4.78 is 0. The van der Waals surface area contributed by atoms with Crippen LogP contribution in [0.3, 0.4) is 0 Å². The second-order valence-electron chi connectivity index (χ2n) is 3.80. The molecule has 0 aromatic rings. The van der Waals surface area contributed by atoms with E-state index in [-0.39, 0.29) is 6.04 Å². The van der Waals surface area contributed by atoms with Crippen molar-refractivity contribution >= 4 is 23.8 Å². The number of carbonyl (C=O) groups is 2. The third-order valence-corrected chi connectivity index (χ3v) is 2.94. The summed E-state index contributed by atoms with van der Waals surface area (Å²) in [5.41, 5.74) is 0. The molecule has 0 rings (SSSR count). The van der Waals surface area contributed by atoms with Crippen molar-refractivity contribution in [2.45, 2.75) is 38.3 Å². The Morgan fingerprint density at radius 2 is 2.06 bits per heavy atom. The molecule has 2 atom stereocenters. The number of hydrogen-bond acceptors (Lipinski definition) is 3. The van der Waals surface area contributed by atoms with Crippen LogP contribution in [0.5, 0.6) is 0 Å². The number of urea groups is 1. The highest BCUT2D eigenvalue weighted by atomic mass is 32.2. The SMILES string of the molecule is C#CC(CCC)NC(=O)N[C@H](CCSC)C(=O)O. The zero-order valence-corrected chi connectivity index (χ0v) is 11.5. The van der Waals surface area contributed by atoms with Crippen molar-refractivity contribution in [2.24, 2.45) is 0 Å². The predicted molar refractivity (Wildman–Crippen MR) is 73.6 cm³/mol. The minimum atomic E-state index is -1.04. The summed E-state index contributed by atoms with van der Waals surface area (Å²) in [6.45, 7) is 1.96. The van der Waals surface area contributed by atoms with E-state index >= 15 is 0 Å². The lowest BCUT2D eigenvalue weighted by Gasteiger charge is -2.17. The van der Waals surface area contributed by atoms with E-state index in [1.165, 1.54) is 11.8 Å². The molecule has 0 aromatic carbocycles. The van der Waals surface area contributed by atoms with Crippen molar-refractivity contribution in [3.8, 4) is 12.3 Å². The number of nitrogens with one attached hydrogen (secondary N) is 2. The van der Waals surface area contributed by atoms with Crippen LogP contribution in [0.15, 0.2) is 0 Å². The Bertz CT molecular complexity index is 315. The van der Waals surface area contributed by atoms with Crippen molar-refractivity contribution in [3.63, 3.8) is 0 Å². The summed E-state index contributed by atoms with van der Waals surface area (Å²) in [5, 5.41) is 13.9. The highest BCUT2D eigenvalue weighted by Gasteiger charge is 2.20. The highest BCUT2D eigenvalue weighted by Crippen LogP contribution is 2.01. The number of amides is 2. The van der Waals surface area contributed by atoms with Gasteiger partial charge in [0.15, 0.2) is 0 Å². The first-order valence-electron chi connectivity index (χ1n) is 5.80. The zero-order chi connectivity index (χ0) is 14.0. The van der Waals surface area contributed by atoms with Gasteiger partial charge >= 0.3 is 12.0 Å². The number of terminal acetylenes is 1. The monoisotopic (exact) mass is 272 g/mol. The molecule has 0 saturated carbocycles. The molecule has 6 heteroatoms. The Balaban J connectivity index is 4.24. The fourth-order valence-corrected chi connectivity index (χ4v) is 1.81. The van der Waals surface area contributed by atoms with Gasteiger partial charge in [0, 0.05) is 0 Å². The Morgan fingerprint density at radius 1 is 1.39 bits per heavy atom. The molecular formula is C12H20N2O3S. The number of rotatable bonds is 8. The van der Waals surface area contributed by atoms with Crippen molar-refractivity contribution in [1.29, 1.82) is 0 Å². The van der Waals surface area contributed by atoms with Gasteiger partial charge in [-0.3, -0.25) is 0 Å². The molecule has 0 aliphatic heterocycles. The second-order valence-corrected chi connectivity index (χ2v) is 4.78. The van der Waals surface area contributed by atoms with Gasteiger partial charge in [-0.05, 0) is 24.9 Å². The van der Waals surface area contributed by atoms with Gasteiger partial charge in [0.2, 0.25) is 0 Å². The summed E-state index contributed by atoms with van der Waals surface area (Å²) >= 11 is 1.53. The van der Waals surface area contributed by atoms with Crippen molar-refractivity contribution in [1.82, 2.24) is 10.6 Å². The molecule has 0 fully saturated rings. The van der Waals surface area contributed by atoms with Crippen molar-refractivity contribution < 1.29 is 14.7 Å². The maximum Gasteiger partial charge on any atom is 0.326 e. The number of hydrogen-bond donors (Lipinski definition) is 3. The lowest BCUT2D eigenvalue weighted by atomic mass is 10.2. The van der Waals surface area contributed by atoms with Gasteiger partial charge in [-0.1, -0.05) is 19.3 Å². The summed E-state index contributed by atoms with van der Waals surface area (Å²) in [7, 11) is 0. The summed E-state index contributed by atoms with van der Waals surface area (Å²) in [6.07, 6.45) is 9.06. The van der Waals surface area contributed by atoms with Gasteiger partial charge in [0.05, 0.1) is 6.04 Å². The number of aliphatic carboxylic acids is 1. The molecule has 0 spiro atoms. The quantitative estimate of drug-likeness (QED) is 0.582. The zero-order valence-electron chi connectivity index (χ0n) is 10.7. The average Bonchev–Trinajstić information content (AvgIpc) is 2.33. The van der Waals surface area contributed by atoms with Crippen LogP contribution in [0.25, 0.3) is 0 Å². The minimum absolute atomic E-state index is 0.356. The molecule has 5 nitrogen and oxygen atoms in total. The maximum absolute atomic E-state index is 11.6. The van der Waals surface area contributed by atoms with Crippen LogP contribution in [-0.2, 0) is 4.79 Å². The summed E-state index contributed by atoms with van der Waals surface area (Å²) in [4.78, 5) is 22.5. The average molecular weight is 272 g/mol. The molecule has 18 heavy (non-hydrogen) atoms. The number of carboxylic acids is 1. The largest absolute Gasteiger partial charge is 0.480 e. The highest BCUT2D eigenvalue weighted by molar-refractivity contribution is 7.98. The van der Waals surface area contributed by atoms with E-state index in [0.29, 0.717) is 18.6 Å². The van der Waals surface area contributed by atoms with Crippen molar-refractivity contribution in [2.75, 3.05) is 12.0 Å². The van der Waals surface area contributed by atoms with Crippen molar-refractivity contribution in [3.05, 3.63) is 0 Å². The minimum Gasteiger partial charge on any atom is -0.480 e.